The summed E-state index contributed by atoms with van der Waals surface area (Å²) < 4.78 is 14.8. The molecule has 0 radical (unpaired) electrons. The average molecular weight is 278 g/mol. The third-order valence-electron chi connectivity index (χ3n) is 2.60. The maximum absolute atomic E-state index is 13.4. The summed E-state index contributed by atoms with van der Waals surface area (Å²) in [5.41, 5.74) is 0.0259. The number of rotatable bonds is 4. The van der Waals surface area contributed by atoms with E-state index in [-0.39, 0.29) is 5.56 Å². The molecule has 0 aliphatic carbocycles. The van der Waals surface area contributed by atoms with Crippen LogP contribution in [0.1, 0.15) is 22.0 Å². The third kappa shape index (κ3) is 2.79. The van der Waals surface area contributed by atoms with E-state index in [9.17, 15) is 14.0 Å². The van der Waals surface area contributed by atoms with E-state index in [1.54, 1.807) is 7.05 Å². The fraction of sp³-hybridized carbons (Fsp3) is 0.167. The minimum Gasteiger partial charge on any atom is -0.479 e. The van der Waals surface area contributed by atoms with E-state index in [0.717, 1.165) is 6.20 Å². The number of aromatic nitrogens is 3. The Morgan fingerprint density at radius 1 is 1.45 bits per heavy atom. The van der Waals surface area contributed by atoms with Gasteiger partial charge in [-0.3, -0.25) is 14.5 Å². The van der Waals surface area contributed by atoms with Crippen LogP contribution in [0.15, 0.2) is 30.9 Å². The van der Waals surface area contributed by atoms with Crippen LogP contribution in [-0.2, 0) is 11.8 Å². The maximum atomic E-state index is 13.4. The standard InChI is InChI=1S/C12H11FN4O3/c1-17-6-7(4-15-17)10(12(19)20)16-11(18)8-2-3-14-5-9(8)13/h2-6,10H,1H3,(H,16,18)(H,19,20). The topological polar surface area (TPSA) is 97.1 Å². The molecular weight excluding hydrogens is 267 g/mol. The van der Waals surface area contributed by atoms with Gasteiger partial charge in [0.15, 0.2) is 11.9 Å². The van der Waals surface area contributed by atoms with E-state index in [1.807, 2.05) is 0 Å². The molecule has 0 spiro atoms. The highest BCUT2D eigenvalue weighted by molar-refractivity contribution is 5.96. The molecule has 2 N–H and O–H groups in total. The SMILES string of the molecule is Cn1cc(C(NC(=O)c2ccncc2F)C(=O)O)cn1. The average Bonchev–Trinajstić information content (AvgIpc) is 2.82. The first kappa shape index (κ1) is 13.7. The van der Waals surface area contributed by atoms with Crippen molar-refractivity contribution < 1.29 is 19.1 Å². The van der Waals surface area contributed by atoms with E-state index < -0.39 is 23.7 Å². The van der Waals surface area contributed by atoms with Crippen LogP contribution in [0.2, 0.25) is 0 Å². The number of halogens is 1. The molecule has 0 saturated heterocycles. The summed E-state index contributed by atoms with van der Waals surface area (Å²) in [6, 6.07) is -0.129. The lowest BCUT2D eigenvalue weighted by Gasteiger charge is -2.13. The van der Waals surface area contributed by atoms with E-state index in [0.29, 0.717) is 5.56 Å². The van der Waals surface area contributed by atoms with Crippen molar-refractivity contribution in [2.45, 2.75) is 6.04 Å². The predicted octanol–water partition coefficient (Wildman–Crippen LogP) is 0.510. The van der Waals surface area contributed by atoms with Crippen molar-refractivity contribution in [3.63, 3.8) is 0 Å². The van der Waals surface area contributed by atoms with Gasteiger partial charge in [-0.25, -0.2) is 9.18 Å². The second-order valence-electron chi connectivity index (χ2n) is 4.05. The fourth-order valence-corrected chi connectivity index (χ4v) is 1.65. The Morgan fingerprint density at radius 3 is 2.75 bits per heavy atom. The molecule has 104 valence electrons. The number of carboxylic acids is 1. The highest BCUT2D eigenvalue weighted by Crippen LogP contribution is 2.14. The van der Waals surface area contributed by atoms with Gasteiger partial charge in [0, 0.05) is 25.0 Å². The Hall–Kier alpha value is -2.77. The van der Waals surface area contributed by atoms with Crippen LogP contribution >= 0.6 is 0 Å². The molecule has 8 heteroatoms. The summed E-state index contributed by atoms with van der Waals surface area (Å²) in [6.45, 7) is 0. The third-order valence-corrected chi connectivity index (χ3v) is 2.60. The summed E-state index contributed by atoms with van der Waals surface area (Å²) in [4.78, 5) is 26.6. The zero-order valence-electron chi connectivity index (χ0n) is 10.4. The van der Waals surface area contributed by atoms with Crippen molar-refractivity contribution in [2.75, 3.05) is 0 Å². The number of hydrogen-bond donors (Lipinski definition) is 2. The molecule has 2 heterocycles. The van der Waals surface area contributed by atoms with Gasteiger partial charge in [-0.1, -0.05) is 0 Å². The lowest BCUT2D eigenvalue weighted by molar-refractivity contribution is -0.139. The fourth-order valence-electron chi connectivity index (χ4n) is 1.65. The summed E-state index contributed by atoms with van der Waals surface area (Å²) in [5, 5.41) is 15.2. The first-order valence-corrected chi connectivity index (χ1v) is 5.60. The number of pyridine rings is 1. The van der Waals surface area contributed by atoms with Crippen LogP contribution < -0.4 is 5.32 Å². The van der Waals surface area contributed by atoms with Crippen molar-refractivity contribution in [3.05, 3.63) is 47.8 Å². The van der Waals surface area contributed by atoms with Crippen molar-refractivity contribution in [1.82, 2.24) is 20.1 Å². The zero-order chi connectivity index (χ0) is 14.7. The molecule has 1 atom stereocenters. The van der Waals surface area contributed by atoms with E-state index in [2.05, 4.69) is 15.4 Å². The Morgan fingerprint density at radius 2 is 2.20 bits per heavy atom. The highest BCUT2D eigenvalue weighted by atomic mass is 19.1. The first-order valence-electron chi connectivity index (χ1n) is 5.60. The number of carbonyl (C=O) groups excluding carboxylic acids is 1. The Labute approximate surface area is 113 Å². The van der Waals surface area contributed by atoms with Gasteiger partial charge in [0.25, 0.3) is 5.91 Å². The van der Waals surface area contributed by atoms with Crippen LogP contribution in [0.5, 0.6) is 0 Å². The van der Waals surface area contributed by atoms with Crippen molar-refractivity contribution in [3.8, 4) is 0 Å². The molecule has 2 rings (SSSR count). The summed E-state index contributed by atoms with van der Waals surface area (Å²) in [5.74, 6) is -2.91. The molecule has 0 fully saturated rings. The van der Waals surface area contributed by atoms with Crippen molar-refractivity contribution in [2.24, 2.45) is 7.05 Å². The minimum absolute atomic E-state index is 0.268. The van der Waals surface area contributed by atoms with Gasteiger partial charge in [0.05, 0.1) is 18.0 Å². The molecule has 20 heavy (non-hydrogen) atoms. The van der Waals surface area contributed by atoms with Gasteiger partial charge >= 0.3 is 5.97 Å². The minimum atomic E-state index is -1.30. The number of carboxylic acid groups (broad SMARTS) is 1. The number of amides is 1. The van der Waals surface area contributed by atoms with Crippen LogP contribution in [0.3, 0.4) is 0 Å². The zero-order valence-corrected chi connectivity index (χ0v) is 10.4. The molecule has 2 aromatic heterocycles. The lowest BCUT2D eigenvalue weighted by atomic mass is 10.1. The van der Waals surface area contributed by atoms with Crippen LogP contribution in [0.25, 0.3) is 0 Å². The molecule has 2 aromatic rings. The maximum Gasteiger partial charge on any atom is 0.331 e. The number of hydrogen-bond acceptors (Lipinski definition) is 4. The molecule has 0 saturated carbocycles. The van der Waals surface area contributed by atoms with Gasteiger partial charge in [-0.05, 0) is 6.07 Å². The van der Waals surface area contributed by atoms with E-state index >= 15 is 0 Å². The van der Waals surface area contributed by atoms with Crippen LogP contribution in [0.4, 0.5) is 4.39 Å². The highest BCUT2D eigenvalue weighted by Gasteiger charge is 2.25. The Balaban J connectivity index is 2.23. The van der Waals surface area contributed by atoms with Crippen LogP contribution in [0, 0.1) is 5.82 Å². The molecular formula is C12H11FN4O3. The molecule has 1 unspecified atom stereocenters. The second-order valence-corrected chi connectivity index (χ2v) is 4.05. The number of nitrogens with one attached hydrogen (secondary N) is 1. The van der Waals surface area contributed by atoms with Gasteiger partial charge in [-0.15, -0.1) is 0 Å². The largest absolute Gasteiger partial charge is 0.479 e. The quantitative estimate of drug-likeness (QED) is 0.849. The first-order chi connectivity index (χ1) is 9.49. The van der Waals surface area contributed by atoms with Gasteiger partial charge in [0.2, 0.25) is 0 Å². The Kier molecular flexibility index (Phi) is 3.74. The van der Waals surface area contributed by atoms with Gasteiger partial charge in [0.1, 0.15) is 0 Å². The van der Waals surface area contributed by atoms with Crippen molar-refractivity contribution in [1.29, 1.82) is 0 Å². The van der Waals surface area contributed by atoms with Crippen LogP contribution in [-0.4, -0.2) is 31.7 Å². The monoisotopic (exact) mass is 278 g/mol. The summed E-state index contributed by atoms with van der Waals surface area (Å²) in [6.07, 6.45) is 4.91. The number of carbonyl (C=O) groups is 2. The molecule has 0 aromatic carbocycles. The molecule has 1 amide bonds. The summed E-state index contributed by atoms with van der Waals surface area (Å²) >= 11 is 0. The molecule has 0 aliphatic rings. The normalized spacial score (nSPS) is 11.9. The Bertz CT molecular complexity index is 656. The van der Waals surface area contributed by atoms with Gasteiger partial charge < -0.3 is 10.4 Å². The second kappa shape index (κ2) is 5.47. The summed E-state index contributed by atoms with van der Waals surface area (Å²) in [7, 11) is 1.62. The van der Waals surface area contributed by atoms with E-state index in [4.69, 9.17) is 5.11 Å². The lowest BCUT2D eigenvalue weighted by Crippen LogP contribution is -2.34. The molecule has 7 nitrogen and oxygen atoms in total. The predicted molar refractivity (Wildman–Crippen MR) is 65.2 cm³/mol. The number of aliphatic carboxylic acids is 1. The number of aryl methyl sites for hydroxylation is 1. The number of nitrogens with zero attached hydrogens (tertiary/aromatic N) is 3. The van der Waals surface area contributed by atoms with Gasteiger partial charge in [-0.2, -0.15) is 5.10 Å². The molecule has 0 bridgehead atoms. The molecule has 0 aliphatic heterocycles. The smallest absolute Gasteiger partial charge is 0.331 e. The van der Waals surface area contributed by atoms with E-state index in [1.165, 1.54) is 29.3 Å². The van der Waals surface area contributed by atoms with Crippen molar-refractivity contribution >= 4 is 11.9 Å².